The lowest BCUT2D eigenvalue weighted by Crippen LogP contribution is -2.30. The van der Waals surface area contributed by atoms with E-state index in [0.29, 0.717) is 5.82 Å². The van der Waals surface area contributed by atoms with Gasteiger partial charge in [0.15, 0.2) is 11.6 Å². The molecule has 1 aliphatic rings. The molecule has 2 N–H and O–H groups in total. The van der Waals surface area contributed by atoms with Gasteiger partial charge in [0.2, 0.25) is 0 Å². The smallest absolute Gasteiger partial charge is 0.195 e. The average Bonchev–Trinajstić information content (AvgIpc) is 2.85. The highest BCUT2D eigenvalue weighted by Gasteiger charge is 2.31. The molecule has 0 amide bonds. The molecule has 0 saturated heterocycles. The lowest BCUT2D eigenvalue weighted by molar-refractivity contribution is 0.278. The summed E-state index contributed by atoms with van der Waals surface area (Å²) < 4.78 is 5.73. The molecule has 0 saturated carbocycles. The number of furan rings is 1. The van der Waals surface area contributed by atoms with Gasteiger partial charge in [-0.2, -0.15) is 0 Å². The van der Waals surface area contributed by atoms with Gasteiger partial charge in [0.05, 0.1) is 0 Å². The van der Waals surface area contributed by atoms with Crippen LogP contribution in [0.1, 0.15) is 50.3 Å². The third-order valence-electron chi connectivity index (χ3n) is 3.95. The number of nitrogens with two attached hydrogens (primary N) is 1. The number of rotatable bonds is 2. The van der Waals surface area contributed by atoms with E-state index in [2.05, 4.69) is 25.8 Å². The lowest BCUT2D eigenvalue weighted by Gasteiger charge is -2.34. The molecular weight excluding hydrogens is 250 g/mol. The summed E-state index contributed by atoms with van der Waals surface area (Å²) in [5.41, 5.74) is 8.57. The van der Waals surface area contributed by atoms with Crippen molar-refractivity contribution in [3.05, 3.63) is 35.3 Å². The van der Waals surface area contributed by atoms with Crippen molar-refractivity contribution >= 4 is 0 Å². The van der Waals surface area contributed by atoms with Gasteiger partial charge in [-0.15, -0.1) is 0 Å². The Kier molecular flexibility index (Phi) is 3.13. The molecule has 4 nitrogen and oxygen atoms in total. The molecule has 0 bridgehead atoms. The molecule has 2 aromatic heterocycles. The molecule has 1 unspecified atom stereocenters. The lowest BCUT2D eigenvalue weighted by atomic mass is 9.74. The second-order valence-electron chi connectivity index (χ2n) is 6.37. The van der Waals surface area contributed by atoms with E-state index >= 15 is 0 Å². The summed E-state index contributed by atoms with van der Waals surface area (Å²) in [5, 5.41) is 0. The number of aryl methyl sites for hydroxylation is 1. The van der Waals surface area contributed by atoms with E-state index in [1.54, 1.807) is 0 Å². The number of nitrogens with zero attached hydrogens (tertiary/aromatic N) is 2. The van der Waals surface area contributed by atoms with Gasteiger partial charge < -0.3 is 10.2 Å². The van der Waals surface area contributed by atoms with Gasteiger partial charge in [-0.1, -0.05) is 20.8 Å². The predicted molar refractivity (Wildman–Crippen MR) is 78.1 cm³/mol. The summed E-state index contributed by atoms with van der Waals surface area (Å²) >= 11 is 0. The summed E-state index contributed by atoms with van der Waals surface area (Å²) in [6, 6.07) is 3.95. The van der Waals surface area contributed by atoms with Crippen LogP contribution in [-0.2, 0) is 12.8 Å². The molecule has 0 aromatic carbocycles. The van der Waals surface area contributed by atoms with Crippen LogP contribution in [0.5, 0.6) is 0 Å². The first kappa shape index (κ1) is 13.3. The van der Waals surface area contributed by atoms with Crippen molar-refractivity contribution in [3.63, 3.8) is 0 Å². The molecule has 4 heteroatoms. The molecule has 1 aliphatic carbocycles. The van der Waals surface area contributed by atoms with E-state index in [0.717, 1.165) is 42.0 Å². The first-order chi connectivity index (χ1) is 9.48. The molecule has 2 aromatic rings. The van der Waals surface area contributed by atoms with Crippen molar-refractivity contribution in [1.82, 2.24) is 9.97 Å². The summed E-state index contributed by atoms with van der Waals surface area (Å²) in [6.45, 7) is 6.54. The minimum atomic E-state index is 0.0330. The van der Waals surface area contributed by atoms with Crippen LogP contribution < -0.4 is 5.73 Å². The maximum Gasteiger partial charge on any atom is 0.195 e. The zero-order chi connectivity index (χ0) is 14.3. The quantitative estimate of drug-likeness (QED) is 0.910. The third-order valence-corrected chi connectivity index (χ3v) is 3.95. The van der Waals surface area contributed by atoms with Crippen LogP contribution in [-0.4, -0.2) is 9.97 Å². The number of aromatic nitrogens is 2. The van der Waals surface area contributed by atoms with E-state index in [1.807, 2.05) is 18.3 Å². The van der Waals surface area contributed by atoms with Crippen LogP contribution in [0.15, 0.2) is 22.7 Å². The summed E-state index contributed by atoms with van der Waals surface area (Å²) in [5.74, 6) is 2.35. The Balaban J connectivity index is 2.00. The molecule has 0 fully saturated rings. The van der Waals surface area contributed by atoms with Gasteiger partial charge in [-0.3, -0.25) is 0 Å². The monoisotopic (exact) mass is 271 g/mol. The van der Waals surface area contributed by atoms with Crippen molar-refractivity contribution in [3.8, 4) is 11.6 Å². The highest BCUT2D eigenvalue weighted by molar-refractivity contribution is 5.48. The summed E-state index contributed by atoms with van der Waals surface area (Å²) in [6.07, 6.45) is 4.66. The maximum atomic E-state index is 6.23. The Morgan fingerprint density at radius 2 is 2.20 bits per heavy atom. The van der Waals surface area contributed by atoms with Crippen molar-refractivity contribution in [1.29, 1.82) is 0 Å². The van der Waals surface area contributed by atoms with Gasteiger partial charge in [-0.25, -0.2) is 9.97 Å². The highest BCUT2D eigenvalue weighted by atomic mass is 16.3. The molecule has 0 radical (unpaired) electrons. The number of hydrogen-bond acceptors (Lipinski definition) is 4. The molecule has 2 heterocycles. The zero-order valence-electron chi connectivity index (χ0n) is 12.3. The fraction of sp³-hybridized carbons (Fsp3) is 0.500. The molecule has 3 rings (SSSR count). The Labute approximate surface area is 119 Å². The van der Waals surface area contributed by atoms with Gasteiger partial charge in [-0.05, 0) is 30.4 Å². The van der Waals surface area contributed by atoms with E-state index < -0.39 is 0 Å². The second-order valence-corrected chi connectivity index (χ2v) is 6.37. The normalized spacial score (nSPS) is 20.7. The van der Waals surface area contributed by atoms with Crippen LogP contribution in [0.2, 0.25) is 0 Å². The van der Waals surface area contributed by atoms with Crippen LogP contribution in [0, 0.1) is 5.41 Å². The van der Waals surface area contributed by atoms with Crippen molar-refractivity contribution in [2.24, 2.45) is 11.1 Å². The van der Waals surface area contributed by atoms with Crippen LogP contribution in [0.4, 0.5) is 0 Å². The number of fused-ring (bicyclic) bond motifs is 1. The number of hydrogen-bond donors (Lipinski definition) is 1. The first-order valence-electron chi connectivity index (χ1n) is 7.19. The maximum absolute atomic E-state index is 6.23. The van der Waals surface area contributed by atoms with Gasteiger partial charge in [0, 0.05) is 29.9 Å². The zero-order valence-corrected chi connectivity index (χ0v) is 12.3. The Hall–Kier alpha value is -1.68. The van der Waals surface area contributed by atoms with Crippen molar-refractivity contribution in [2.75, 3.05) is 0 Å². The molecule has 0 aliphatic heterocycles. The minimum Gasteiger partial charge on any atom is -0.458 e. The standard InChI is InChI=1S/C16H21N3O/c1-4-10-5-6-14(20-10)15-18-9-11-12(17)7-16(2,3)8-13(11)19-15/h5-6,9,12H,4,7-8,17H2,1-3H3. The van der Waals surface area contributed by atoms with Crippen molar-refractivity contribution < 1.29 is 4.42 Å². The first-order valence-corrected chi connectivity index (χ1v) is 7.19. The van der Waals surface area contributed by atoms with Crippen LogP contribution in [0.25, 0.3) is 11.6 Å². The molecule has 20 heavy (non-hydrogen) atoms. The van der Waals surface area contributed by atoms with Gasteiger partial charge >= 0.3 is 0 Å². The third kappa shape index (κ3) is 2.36. The summed E-state index contributed by atoms with van der Waals surface area (Å²) in [7, 11) is 0. The van der Waals surface area contributed by atoms with E-state index in [1.165, 1.54) is 0 Å². The fourth-order valence-electron chi connectivity index (χ4n) is 2.92. The van der Waals surface area contributed by atoms with Crippen LogP contribution >= 0.6 is 0 Å². The molecular formula is C16H21N3O. The second kappa shape index (κ2) is 4.70. The van der Waals surface area contributed by atoms with Crippen LogP contribution in [0.3, 0.4) is 0 Å². The van der Waals surface area contributed by atoms with E-state index in [9.17, 15) is 0 Å². The Morgan fingerprint density at radius 1 is 1.40 bits per heavy atom. The highest BCUT2D eigenvalue weighted by Crippen LogP contribution is 2.38. The van der Waals surface area contributed by atoms with Gasteiger partial charge in [0.25, 0.3) is 0 Å². The molecule has 106 valence electrons. The average molecular weight is 271 g/mol. The fourth-order valence-corrected chi connectivity index (χ4v) is 2.92. The topological polar surface area (TPSA) is 64.9 Å². The predicted octanol–water partition coefficient (Wildman–Crippen LogP) is 3.27. The van der Waals surface area contributed by atoms with Crippen molar-refractivity contribution in [2.45, 2.75) is 46.1 Å². The molecule has 0 spiro atoms. The van der Waals surface area contributed by atoms with Gasteiger partial charge in [0.1, 0.15) is 5.76 Å². The largest absolute Gasteiger partial charge is 0.458 e. The minimum absolute atomic E-state index is 0.0330. The summed E-state index contributed by atoms with van der Waals surface area (Å²) in [4.78, 5) is 9.12. The van der Waals surface area contributed by atoms with E-state index in [-0.39, 0.29) is 11.5 Å². The Morgan fingerprint density at radius 3 is 2.90 bits per heavy atom. The molecule has 1 atom stereocenters. The Bertz CT molecular complexity index is 630. The van der Waals surface area contributed by atoms with E-state index in [4.69, 9.17) is 15.1 Å². The SMILES string of the molecule is CCc1ccc(-c2ncc3c(n2)CC(C)(C)CC3N)o1.